The van der Waals surface area contributed by atoms with Gasteiger partial charge in [0, 0.05) is 10.6 Å². The predicted octanol–water partition coefficient (Wildman–Crippen LogP) is 4.69. The maximum absolute atomic E-state index is 13.7. The lowest BCUT2D eigenvalue weighted by atomic mass is 10.2. The van der Waals surface area contributed by atoms with Gasteiger partial charge < -0.3 is 5.32 Å². The Kier molecular flexibility index (Phi) is 5.32. The number of nitrogens with one attached hydrogen (secondary N) is 1. The Morgan fingerprint density at radius 3 is 2.19 bits per heavy atom. The minimum Gasteiger partial charge on any atom is -0.350 e. The maximum Gasteiger partial charge on any atom is 0.253 e. The molecular weight excluding hydrogens is 368 g/mol. The zero-order valence-electron chi connectivity index (χ0n) is 13.2. The van der Waals surface area contributed by atoms with Crippen LogP contribution in [0.4, 0.5) is 28.9 Å². The van der Waals surface area contributed by atoms with E-state index in [2.05, 4.69) is 10.3 Å². The molecule has 1 unspecified atom stereocenters. The van der Waals surface area contributed by atoms with Crippen LogP contribution in [0, 0.1) is 23.5 Å². The molecule has 8 heteroatoms. The third-order valence-electron chi connectivity index (χ3n) is 3.50. The van der Waals surface area contributed by atoms with E-state index in [4.69, 9.17) is 0 Å². The van der Waals surface area contributed by atoms with Crippen molar-refractivity contribution in [1.29, 1.82) is 0 Å². The predicted molar refractivity (Wildman–Crippen MR) is 90.3 cm³/mol. The van der Waals surface area contributed by atoms with Gasteiger partial charge in [0.25, 0.3) is 11.9 Å². The van der Waals surface area contributed by atoms with Gasteiger partial charge in [-0.1, -0.05) is 30.3 Å². The summed E-state index contributed by atoms with van der Waals surface area (Å²) in [5.74, 6) is -6.56. The van der Waals surface area contributed by atoms with Crippen LogP contribution < -0.4 is 5.32 Å². The normalized spacial score (nSPS) is 12.0. The fraction of sp³-hybridized carbons (Fsp3) is 0.0556. The van der Waals surface area contributed by atoms with E-state index < -0.39 is 40.0 Å². The number of rotatable bonds is 5. The molecule has 3 rings (SSSR count). The molecule has 134 valence electrons. The first kappa shape index (κ1) is 18.1. The molecule has 0 bridgehead atoms. The number of halogens is 4. The highest BCUT2D eigenvalue weighted by Gasteiger charge is 2.21. The summed E-state index contributed by atoms with van der Waals surface area (Å²) in [6.07, 6.45) is 0. The fourth-order valence-electron chi connectivity index (χ4n) is 2.29. The second kappa shape index (κ2) is 7.65. The van der Waals surface area contributed by atoms with Gasteiger partial charge in [0.05, 0.1) is 16.6 Å². The molecule has 26 heavy (non-hydrogen) atoms. The average Bonchev–Trinajstić information content (AvgIpc) is 2.64. The van der Waals surface area contributed by atoms with Crippen LogP contribution in [0.15, 0.2) is 59.5 Å². The first-order valence-electron chi connectivity index (χ1n) is 7.45. The monoisotopic (exact) mass is 380 g/mol. The number of hydrogen-bond acceptors (Lipinski definition) is 3. The van der Waals surface area contributed by atoms with Crippen molar-refractivity contribution in [2.24, 2.45) is 0 Å². The number of hydrogen-bond donors (Lipinski definition) is 1. The molecular formula is C18H12F4N2OS. The van der Waals surface area contributed by atoms with Crippen LogP contribution in [-0.4, -0.2) is 9.19 Å². The van der Waals surface area contributed by atoms with Crippen LogP contribution in [0.1, 0.15) is 5.56 Å². The molecule has 0 amide bonds. The molecule has 0 saturated carbocycles. The Labute approximate surface area is 149 Å². The zero-order valence-corrected chi connectivity index (χ0v) is 14.0. The van der Waals surface area contributed by atoms with Gasteiger partial charge in [0.1, 0.15) is 5.69 Å². The highest BCUT2D eigenvalue weighted by molar-refractivity contribution is 7.84. The lowest BCUT2D eigenvalue weighted by Crippen LogP contribution is -2.06. The molecule has 0 aliphatic heterocycles. The summed E-state index contributed by atoms with van der Waals surface area (Å²) in [6.45, 7) is 0. The van der Waals surface area contributed by atoms with Crippen molar-refractivity contribution in [2.45, 2.75) is 10.6 Å². The summed E-state index contributed by atoms with van der Waals surface area (Å²) < 4.78 is 66.1. The van der Waals surface area contributed by atoms with E-state index in [0.717, 1.165) is 0 Å². The smallest absolute Gasteiger partial charge is 0.253 e. The van der Waals surface area contributed by atoms with E-state index >= 15 is 0 Å². The van der Waals surface area contributed by atoms with Gasteiger partial charge in [-0.05, 0) is 29.8 Å². The number of benzene rings is 2. The van der Waals surface area contributed by atoms with Crippen molar-refractivity contribution < 1.29 is 21.8 Å². The van der Waals surface area contributed by atoms with Gasteiger partial charge in [-0.2, -0.15) is 22.5 Å². The Morgan fingerprint density at radius 2 is 1.54 bits per heavy atom. The molecule has 0 spiro atoms. The van der Waals surface area contributed by atoms with Crippen molar-refractivity contribution in [3.63, 3.8) is 0 Å². The lowest BCUT2D eigenvalue weighted by Gasteiger charge is -2.11. The topological polar surface area (TPSA) is 42.0 Å². The molecule has 1 N–H and O–H groups in total. The summed E-state index contributed by atoms with van der Waals surface area (Å²) in [6, 6.07) is 15.0. The Morgan fingerprint density at radius 1 is 0.885 bits per heavy atom. The molecule has 0 fully saturated rings. The van der Waals surface area contributed by atoms with Crippen molar-refractivity contribution >= 4 is 22.2 Å². The van der Waals surface area contributed by atoms with E-state index in [1.54, 1.807) is 42.5 Å². The van der Waals surface area contributed by atoms with Crippen LogP contribution in [0.3, 0.4) is 0 Å². The Bertz CT molecular complexity index is 941. The van der Waals surface area contributed by atoms with Gasteiger partial charge in [-0.3, -0.25) is 4.21 Å². The molecule has 0 aliphatic carbocycles. The second-order valence-electron chi connectivity index (χ2n) is 5.32. The number of aromatic nitrogens is 1. The van der Waals surface area contributed by atoms with E-state index in [9.17, 15) is 21.8 Å². The third kappa shape index (κ3) is 3.91. The molecule has 0 radical (unpaired) electrons. The molecule has 3 nitrogen and oxygen atoms in total. The quantitative estimate of drug-likeness (QED) is 0.516. The summed E-state index contributed by atoms with van der Waals surface area (Å²) in [7, 11) is -1.31. The van der Waals surface area contributed by atoms with E-state index in [1.807, 2.05) is 0 Å². The Hall–Kier alpha value is -2.74. The largest absolute Gasteiger partial charge is 0.350 e. The summed E-state index contributed by atoms with van der Waals surface area (Å²) in [5, 5.41) is 2.31. The van der Waals surface area contributed by atoms with Gasteiger partial charge in [-0.25, -0.2) is 0 Å². The summed E-state index contributed by atoms with van der Waals surface area (Å²) >= 11 is 0. The molecule has 2 aromatic carbocycles. The van der Waals surface area contributed by atoms with Crippen LogP contribution in [-0.2, 0) is 16.6 Å². The standard InChI is InChI=1S/C18H12F4N2OS/c19-14-16(15(20)18(22)24-17(14)21)23-12-6-4-5-11(9-12)10-26(25)13-7-2-1-3-8-13/h1-9H,10H2,(H,23,24). The van der Waals surface area contributed by atoms with Crippen molar-refractivity contribution in [2.75, 3.05) is 5.32 Å². The molecule has 0 aliphatic rings. The van der Waals surface area contributed by atoms with E-state index in [-0.39, 0.29) is 11.4 Å². The van der Waals surface area contributed by atoms with Crippen molar-refractivity contribution in [1.82, 2.24) is 4.98 Å². The molecule has 1 heterocycles. The van der Waals surface area contributed by atoms with E-state index in [0.29, 0.717) is 10.5 Å². The highest BCUT2D eigenvalue weighted by Crippen LogP contribution is 2.26. The Balaban J connectivity index is 1.84. The molecule has 3 aromatic rings. The molecule has 1 atom stereocenters. The summed E-state index contributed by atoms with van der Waals surface area (Å²) in [5.41, 5.74) is -0.167. The van der Waals surface area contributed by atoms with Crippen LogP contribution in [0.25, 0.3) is 0 Å². The molecule has 1 aromatic heterocycles. The first-order valence-corrected chi connectivity index (χ1v) is 8.77. The van der Waals surface area contributed by atoms with Crippen molar-refractivity contribution in [3.8, 4) is 0 Å². The fourth-order valence-corrected chi connectivity index (χ4v) is 3.40. The van der Waals surface area contributed by atoms with Gasteiger partial charge in [0.15, 0.2) is 0 Å². The minimum absolute atomic E-state index is 0.170. The first-order chi connectivity index (χ1) is 12.5. The molecule has 0 saturated heterocycles. The maximum atomic E-state index is 13.7. The minimum atomic E-state index is -1.74. The van der Waals surface area contributed by atoms with Crippen LogP contribution in [0.5, 0.6) is 0 Å². The second-order valence-corrected chi connectivity index (χ2v) is 6.78. The van der Waals surface area contributed by atoms with Gasteiger partial charge >= 0.3 is 0 Å². The zero-order chi connectivity index (χ0) is 18.7. The number of pyridine rings is 1. The lowest BCUT2D eigenvalue weighted by molar-refractivity contribution is 0.411. The number of anilines is 2. The SMILES string of the molecule is O=S(Cc1cccc(Nc2c(F)c(F)nc(F)c2F)c1)c1ccccc1. The average molecular weight is 380 g/mol. The summed E-state index contributed by atoms with van der Waals surface area (Å²) in [4.78, 5) is 3.14. The highest BCUT2D eigenvalue weighted by atomic mass is 32.2. The third-order valence-corrected chi connectivity index (χ3v) is 4.89. The van der Waals surface area contributed by atoms with Gasteiger partial charge in [-0.15, -0.1) is 0 Å². The van der Waals surface area contributed by atoms with E-state index in [1.165, 1.54) is 12.1 Å². The van der Waals surface area contributed by atoms with Crippen molar-refractivity contribution in [3.05, 3.63) is 83.7 Å². The van der Waals surface area contributed by atoms with Crippen LogP contribution >= 0.6 is 0 Å². The van der Waals surface area contributed by atoms with Gasteiger partial charge in [0.2, 0.25) is 11.6 Å². The van der Waals surface area contributed by atoms with Crippen LogP contribution in [0.2, 0.25) is 0 Å². The number of nitrogens with zero attached hydrogens (tertiary/aromatic N) is 1.